The number of hydrogen-bond acceptors (Lipinski definition) is 5. The zero-order valence-electron chi connectivity index (χ0n) is 26.9. The molecular weight excluding hydrogens is 603 g/mol. The third kappa shape index (κ3) is 5.59. The predicted octanol–water partition coefficient (Wildman–Crippen LogP) is 11.7. The summed E-state index contributed by atoms with van der Waals surface area (Å²) in [7, 11) is 0. The maximum Gasteiger partial charge on any atom is 0.226 e. The van der Waals surface area contributed by atoms with Gasteiger partial charge in [-0.15, -0.1) is 0 Å². The van der Waals surface area contributed by atoms with Crippen molar-refractivity contribution in [2.75, 3.05) is 4.90 Å². The Morgan fingerprint density at radius 1 is 0.449 bits per heavy atom. The van der Waals surface area contributed by atoms with Gasteiger partial charge in [0.1, 0.15) is 22.9 Å². The highest BCUT2D eigenvalue weighted by Crippen LogP contribution is 2.42. The van der Waals surface area contributed by atoms with E-state index >= 15 is 0 Å². The molecule has 5 heteroatoms. The van der Waals surface area contributed by atoms with Gasteiger partial charge in [0.05, 0.1) is 0 Å². The van der Waals surface area contributed by atoms with E-state index in [9.17, 15) is 0 Å². The molecule has 0 N–H and O–H groups in total. The van der Waals surface area contributed by atoms with Crippen LogP contribution >= 0.6 is 0 Å². The number of allylic oxidation sites excluding steroid dienone is 2. The van der Waals surface area contributed by atoms with Crippen LogP contribution < -0.4 is 4.90 Å². The summed E-state index contributed by atoms with van der Waals surface area (Å²) in [6, 6.07) is 44.9. The molecule has 0 aliphatic heterocycles. The number of benzene rings is 5. The van der Waals surface area contributed by atoms with E-state index in [1.54, 1.807) is 0 Å². The van der Waals surface area contributed by atoms with Crippen LogP contribution in [0.1, 0.15) is 35.7 Å². The highest BCUT2D eigenvalue weighted by atomic mass is 16.4. The lowest BCUT2D eigenvalue weighted by Gasteiger charge is -2.27. The number of hydrogen-bond donors (Lipinski definition) is 0. The highest BCUT2D eigenvalue weighted by Gasteiger charge is 2.20. The summed E-state index contributed by atoms with van der Waals surface area (Å²) in [5.41, 5.74) is 11.6. The van der Waals surface area contributed by atoms with E-state index < -0.39 is 0 Å². The van der Waals surface area contributed by atoms with Gasteiger partial charge in [0.25, 0.3) is 0 Å². The van der Waals surface area contributed by atoms with Crippen molar-refractivity contribution in [1.29, 1.82) is 0 Å². The fraction of sp³-hybridized carbons (Fsp3) is 0.0909. The Hall–Kier alpha value is -6.20. The van der Waals surface area contributed by atoms with E-state index in [4.69, 9.17) is 18.8 Å². The summed E-state index contributed by atoms with van der Waals surface area (Å²) >= 11 is 0. The van der Waals surface area contributed by atoms with Crippen LogP contribution in [0, 0.1) is 0 Å². The smallest absolute Gasteiger partial charge is 0.226 e. The van der Waals surface area contributed by atoms with E-state index in [2.05, 4.69) is 157 Å². The molecule has 0 spiro atoms. The van der Waals surface area contributed by atoms with Gasteiger partial charge < -0.3 is 13.7 Å². The van der Waals surface area contributed by atoms with E-state index in [-0.39, 0.29) is 0 Å². The Labute approximate surface area is 285 Å². The van der Waals surface area contributed by atoms with E-state index in [1.165, 1.54) is 16.7 Å². The van der Waals surface area contributed by atoms with Crippen molar-refractivity contribution in [2.45, 2.75) is 25.7 Å². The Kier molecular flexibility index (Phi) is 7.35. The number of rotatable bonds is 7. The lowest BCUT2D eigenvalue weighted by Crippen LogP contribution is -2.10. The van der Waals surface area contributed by atoms with Crippen LogP contribution in [0.3, 0.4) is 0 Å². The first-order chi connectivity index (χ1) is 24.3. The lowest BCUT2D eigenvalue weighted by atomic mass is 9.93. The first kappa shape index (κ1) is 29.0. The van der Waals surface area contributed by atoms with E-state index in [1.807, 2.05) is 0 Å². The SMILES string of the molecule is C1=Cc2nc(-c3ccc(N(c4ccc(-c5nc6c(o5)CCC=C6)cc4)c4ccc(-c5ccccc5)c(-c5ccccc5)c4)cc3)oc2CC1. The average Bonchev–Trinajstić information content (AvgIpc) is 3.81. The van der Waals surface area contributed by atoms with Crippen LogP contribution in [0.15, 0.2) is 148 Å². The number of aromatic nitrogens is 2. The van der Waals surface area contributed by atoms with Crippen LogP contribution in [0.5, 0.6) is 0 Å². The van der Waals surface area contributed by atoms with Gasteiger partial charge in [0.2, 0.25) is 11.8 Å². The van der Waals surface area contributed by atoms with Crippen molar-refractivity contribution in [2.24, 2.45) is 0 Å². The van der Waals surface area contributed by atoms with Crippen LogP contribution in [0.2, 0.25) is 0 Å². The molecule has 9 rings (SSSR count). The summed E-state index contributed by atoms with van der Waals surface area (Å²) in [5, 5.41) is 0. The maximum atomic E-state index is 6.17. The van der Waals surface area contributed by atoms with Crippen molar-refractivity contribution in [3.8, 4) is 45.2 Å². The standard InChI is InChI=1S/C44H33N3O2/c1-3-11-30(12-4-1)37-28-27-36(29-38(37)31-13-5-2-6-14-31)47(34-23-19-32(20-24-34)43-45-39-15-7-9-17-41(39)48-43)35-25-21-33(22-26-35)44-46-40-16-8-10-18-42(40)49-44/h1-8,11-16,19-29H,9-10,17-18H2. The third-order valence-electron chi connectivity index (χ3n) is 9.26. The normalized spacial score (nSPS) is 13.2. The van der Waals surface area contributed by atoms with Gasteiger partial charge in [0.15, 0.2) is 0 Å². The Bertz CT molecular complexity index is 2210. The highest BCUT2D eigenvalue weighted by molar-refractivity contribution is 5.89. The third-order valence-corrected chi connectivity index (χ3v) is 9.26. The fourth-order valence-corrected chi connectivity index (χ4v) is 6.76. The van der Waals surface area contributed by atoms with Gasteiger partial charge >= 0.3 is 0 Å². The number of nitrogens with zero attached hydrogens (tertiary/aromatic N) is 3. The second kappa shape index (κ2) is 12.4. The molecule has 5 nitrogen and oxygen atoms in total. The Morgan fingerprint density at radius 2 is 0.918 bits per heavy atom. The Morgan fingerprint density at radius 3 is 1.41 bits per heavy atom. The summed E-state index contributed by atoms with van der Waals surface area (Å²) in [5.74, 6) is 3.22. The van der Waals surface area contributed by atoms with Crippen LogP contribution in [-0.4, -0.2) is 9.97 Å². The second-order valence-corrected chi connectivity index (χ2v) is 12.4. The van der Waals surface area contributed by atoms with Gasteiger partial charge in [-0.25, -0.2) is 9.97 Å². The van der Waals surface area contributed by atoms with Crippen LogP contribution in [0.4, 0.5) is 17.1 Å². The molecule has 0 saturated carbocycles. The van der Waals surface area contributed by atoms with Crippen molar-refractivity contribution in [3.63, 3.8) is 0 Å². The molecular formula is C44H33N3O2. The molecule has 0 bridgehead atoms. The topological polar surface area (TPSA) is 55.3 Å². The number of fused-ring (bicyclic) bond motifs is 2. The Balaban J connectivity index is 1.15. The number of oxazole rings is 2. The quantitative estimate of drug-likeness (QED) is 0.174. The molecule has 0 amide bonds. The van der Waals surface area contributed by atoms with E-state index in [0.717, 1.165) is 82.3 Å². The van der Waals surface area contributed by atoms with Crippen molar-refractivity contribution < 1.29 is 8.83 Å². The van der Waals surface area contributed by atoms with Crippen LogP contribution in [-0.2, 0) is 12.8 Å². The van der Waals surface area contributed by atoms with Gasteiger partial charge in [-0.1, -0.05) is 78.9 Å². The number of aryl methyl sites for hydroxylation is 2. The predicted molar refractivity (Wildman–Crippen MR) is 198 cm³/mol. The second-order valence-electron chi connectivity index (χ2n) is 12.4. The first-order valence-electron chi connectivity index (χ1n) is 16.9. The molecule has 2 heterocycles. The van der Waals surface area contributed by atoms with Gasteiger partial charge in [-0.05, 0) is 108 Å². The molecule has 0 radical (unpaired) electrons. The molecule has 2 aliphatic rings. The largest absolute Gasteiger partial charge is 0.441 e. The van der Waals surface area contributed by atoms with Crippen LogP contribution in [0.25, 0.3) is 57.3 Å². The monoisotopic (exact) mass is 635 g/mol. The fourth-order valence-electron chi connectivity index (χ4n) is 6.76. The molecule has 0 unspecified atom stereocenters. The number of anilines is 3. The van der Waals surface area contributed by atoms with Gasteiger partial charge in [-0.2, -0.15) is 0 Å². The minimum atomic E-state index is 0.654. The molecule has 7 aromatic rings. The molecule has 5 aromatic carbocycles. The minimum absolute atomic E-state index is 0.654. The van der Waals surface area contributed by atoms with Crippen molar-refractivity contribution in [3.05, 3.63) is 162 Å². The molecule has 0 atom stereocenters. The summed E-state index contributed by atoms with van der Waals surface area (Å²) in [4.78, 5) is 11.8. The summed E-state index contributed by atoms with van der Waals surface area (Å²) < 4.78 is 12.3. The van der Waals surface area contributed by atoms with Crippen molar-refractivity contribution in [1.82, 2.24) is 9.97 Å². The molecule has 49 heavy (non-hydrogen) atoms. The zero-order valence-corrected chi connectivity index (χ0v) is 26.9. The molecule has 0 saturated heterocycles. The summed E-state index contributed by atoms with van der Waals surface area (Å²) in [6.07, 6.45) is 12.2. The molecule has 2 aliphatic carbocycles. The molecule has 2 aromatic heterocycles. The molecule has 236 valence electrons. The summed E-state index contributed by atoms with van der Waals surface area (Å²) in [6.45, 7) is 0. The maximum absolute atomic E-state index is 6.17. The average molecular weight is 636 g/mol. The molecule has 0 fully saturated rings. The zero-order chi connectivity index (χ0) is 32.6. The van der Waals surface area contributed by atoms with Gasteiger partial charge in [-0.3, -0.25) is 0 Å². The minimum Gasteiger partial charge on any atom is -0.441 e. The lowest BCUT2D eigenvalue weighted by molar-refractivity contribution is 0.516. The van der Waals surface area contributed by atoms with Gasteiger partial charge in [0, 0.05) is 41.0 Å². The van der Waals surface area contributed by atoms with Crippen molar-refractivity contribution >= 4 is 29.2 Å². The van der Waals surface area contributed by atoms with E-state index in [0.29, 0.717) is 11.8 Å². The first-order valence-corrected chi connectivity index (χ1v) is 16.9.